The molecule has 2 rings (SSSR count). The lowest BCUT2D eigenvalue weighted by atomic mass is 9.92. The van der Waals surface area contributed by atoms with Crippen molar-refractivity contribution >= 4 is 27.6 Å². The number of hydrogen-bond donors (Lipinski definition) is 1. The number of sulfonamides is 1. The Morgan fingerprint density at radius 2 is 1.72 bits per heavy atom. The Bertz CT molecular complexity index is 835. The molecule has 0 bridgehead atoms. The summed E-state index contributed by atoms with van der Waals surface area (Å²) in [6.07, 6.45) is 4.00. The summed E-state index contributed by atoms with van der Waals surface area (Å²) >= 11 is 0. The molecule has 0 spiro atoms. The maximum atomic E-state index is 13.1. The molecular formula is C21H32N2O5S. The van der Waals surface area contributed by atoms with Gasteiger partial charge >= 0.3 is 5.97 Å². The van der Waals surface area contributed by atoms with Crippen molar-refractivity contribution in [2.24, 2.45) is 5.41 Å². The van der Waals surface area contributed by atoms with Crippen molar-refractivity contribution < 1.29 is 22.7 Å². The molecule has 0 aromatic heterocycles. The van der Waals surface area contributed by atoms with E-state index in [0.717, 1.165) is 25.7 Å². The molecule has 1 N–H and O–H groups in total. The highest BCUT2D eigenvalue weighted by Crippen LogP contribution is 2.26. The van der Waals surface area contributed by atoms with E-state index in [2.05, 4.69) is 5.32 Å². The van der Waals surface area contributed by atoms with Gasteiger partial charge in [0.25, 0.3) is 5.91 Å². The van der Waals surface area contributed by atoms with E-state index in [1.54, 1.807) is 19.1 Å². The van der Waals surface area contributed by atoms with Crippen molar-refractivity contribution in [3.05, 3.63) is 23.8 Å². The van der Waals surface area contributed by atoms with Crippen molar-refractivity contribution in [1.82, 2.24) is 4.31 Å². The maximum absolute atomic E-state index is 13.1. The molecule has 162 valence electrons. The number of nitrogens with one attached hydrogen (secondary N) is 1. The number of ether oxygens (including phenoxy) is 1. The number of hydrogen-bond acceptors (Lipinski definition) is 5. The number of anilines is 1. The molecule has 1 saturated heterocycles. The summed E-state index contributed by atoms with van der Waals surface area (Å²) in [5.41, 5.74) is 0.769. The Morgan fingerprint density at radius 1 is 1.10 bits per heavy atom. The summed E-state index contributed by atoms with van der Waals surface area (Å²) in [4.78, 5) is 24.1. The van der Waals surface area contributed by atoms with Gasteiger partial charge in [0.05, 0.1) is 11.3 Å². The third kappa shape index (κ3) is 7.12. The number of esters is 1. The Morgan fingerprint density at radius 3 is 2.31 bits per heavy atom. The van der Waals surface area contributed by atoms with Crippen molar-refractivity contribution in [2.45, 2.75) is 64.7 Å². The number of amides is 1. The predicted octanol–water partition coefficient (Wildman–Crippen LogP) is 3.48. The highest BCUT2D eigenvalue weighted by atomic mass is 32.2. The molecule has 0 radical (unpaired) electrons. The first kappa shape index (κ1) is 23.3. The van der Waals surface area contributed by atoms with Gasteiger partial charge in [-0.3, -0.25) is 9.59 Å². The molecule has 1 aliphatic rings. The first-order chi connectivity index (χ1) is 13.5. The van der Waals surface area contributed by atoms with Crippen LogP contribution in [0.3, 0.4) is 0 Å². The average molecular weight is 425 g/mol. The Kier molecular flexibility index (Phi) is 7.82. The standard InChI is InChI=1S/C21H32N2O5S/c1-16-9-10-17(22-19(24)15-28-20(25)14-21(2,3)4)13-18(16)29(26,27)23-11-7-5-6-8-12-23/h9-10,13H,5-8,11-12,14-15H2,1-4H3,(H,22,24). The van der Waals surface area contributed by atoms with Gasteiger partial charge in [-0.2, -0.15) is 4.31 Å². The predicted molar refractivity (Wildman–Crippen MR) is 112 cm³/mol. The van der Waals surface area contributed by atoms with E-state index in [9.17, 15) is 18.0 Å². The van der Waals surface area contributed by atoms with Crippen LogP contribution >= 0.6 is 0 Å². The van der Waals surface area contributed by atoms with Crippen LogP contribution in [0.2, 0.25) is 0 Å². The summed E-state index contributed by atoms with van der Waals surface area (Å²) in [5, 5.41) is 2.62. The zero-order valence-corrected chi connectivity index (χ0v) is 18.6. The quantitative estimate of drug-likeness (QED) is 0.706. The van der Waals surface area contributed by atoms with Crippen LogP contribution in [-0.2, 0) is 24.3 Å². The third-order valence-electron chi connectivity index (χ3n) is 4.69. The second-order valence-electron chi connectivity index (χ2n) is 8.74. The van der Waals surface area contributed by atoms with E-state index in [1.807, 2.05) is 20.8 Å². The first-order valence-corrected chi connectivity index (χ1v) is 11.5. The number of carbonyl (C=O) groups is 2. The van der Waals surface area contributed by atoms with Crippen LogP contribution in [0.25, 0.3) is 0 Å². The summed E-state index contributed by atoms with van der Waals surface area (Å²) < 4.78 is 32.7. The van der Waals surface area contributed by atoms with Gasteiger partial charge in [0, 0.05) is 18.8 Å². The molecule has 0 atom stereocenters. The highest BCUT2D eigenvalue weighted by Gasteiger charge is 2.27. The second kappa shape index (κ2) is 9.71. The minimum absolute atomic E-state index is 0.196. The summed E-state index contributed by atoms with van der Waals surface area (Å²) in [7, 11) is -3.62. The van der Waals surface area contributed by atoms with E-state index in [1.165, 1.54) is 10.4 Å². The van der Waals surface area contributed by atoms with E-state index >= 15 is 0 Å². The first-order valence-electron chi connectivity index (χ1n) is 10.1. The average Bonchev–Trinajstić information content (AvgIpc) is 2.90. The van der Waals surface area contributed by atoms with Crippen LogP contribution in [0.15, 0.2) is 23.1 Å². The van der Waals surface area contributed by atoms with Gasteiger partial charge in [0.1, 0.15) is 0 Å². The number of carbonyl (C=O) groups excluding carboxylic acids is 2. The summed E-state index contributed by atoms with van der Waals surface area (Å²) in [6.45, 7) is 8.10. The number of aryl methyl sites for hydroxylation is 1. The van der Waals surface area contributed by atoms with Crippen molar-refractivity contribution in [2.75, 3.05) is 25.0 Å². The lowest BCUT2D eigenvalue weighted by molar-refractivity contribution is -0.149. The number of benzene rings is 1. The summed E-state index contributed by atoms with van der Waals surface area (Å²) in [6, 6.07) is 4.79. The monoisotopic (exact) mass is 424 g/mol. The fourth-order valence-corrected chi connectivity index (χ4v) is 4.97. The highest BCUT2D eigenvalue weighted by molar-refractivity contribution is 7.89. The molecule has 1 aromatic carbocycles. The van der Waals surface area contributed by atoms with Gasteiger partial charge in [0.15, 0.2) is 6.61 Å². The van der Waals surface area contributed by atoms with Crippen LogP contribution in [0, 0.1) is 12.3 Å². The molecule has 8 heteroatoms. The molecule has 1 heterocycles. The van der Waals surface area contributed by atoms with Gasteiger partial charge in [-0.15, -0.1) is 0 Å². The van der Waals surface area contributed by atoms with Crippen LogP contribution in [0.4, 0.5) is 5.69 Å². The molecule has 7 nitrogen and oxygen atoms in total. The SMILES string of the molecule is Cc1ccc(NC(=O)COC(=O)CC(C)(C)C)cc1S(=O)(=O)N1CCCCCC1. The third-order valence-corrected chi connectivity index (χ3v) is 6.73. The van der Waals surface area contributed by atoms with Crippen molar-refractivity contribution in [3.8, 4) is 0 Å². The van der Waals surface area contributed by atoms with Crippen LogP contribution in [0.5, 0.6) is 0 Å². The van der Waals surface area contributed by atoms with E-state index in [0.29, 0.717) is 24.3 Å². The summed E-state index contributed by atoms with van der Waals surface area (Å²) in [5.74, 6) is -0.949. The lowest BCUT2D eigenvalue weighted by Gasteiger charge is -2.21. The van der Waals surface area contributed by atoms with Gasteiger partial charge in [-0.25, -0.2) is 8.42 Å². The normalized spacial score (nSPS) is 16.1. The number of nitrogens with zero attached hydrogens (tertiary/aromatic N) is 1. The minimum Gasteiger partial charge on any atom is -0.456 e. The molecule has 1 fully saturated rings. The molecule has 1 aromatic rings. The smallest absolute Gasteiger partial charge is 0.306 e. The topological polar surface area (TPSA) is 92.8 Å². The van der Waals surface area contributed by atoms with E-state index < -0.39 is 28.5 Å². The molecule has 0 aliphatic carbocycles. The van der Waals surface area contributed by atoms with Crippen LogP contribution in [0.1, 0.15) is 58.4 Å². The molecular weight excluding hydrogens is 392 g/mol. The number of rotatable bonds is 6. The van der Waals surface area contributed by atoms with Crippen molar-refractivity contribution in [1.29, 1.82) is 0 Å². The van der Waals surface area contributed by atoms with Gasteiger partial charge in [-0.05, 0) is 42.9 Å². The molecule has 1 amide bonds. The zero-order chi connectivity index (χ0) is 21.7. The molecule has 0 unspecified atom stereocenters. The lowest BCUT2D eigenvalue weighted by Crippen LogP contribution is -2.32. The van der Waals surface area contributed by atoms with E-state index in [-0.39, 0.29) is 16.7 Å². The Hall–Kier alpha value is -1.93. The fourth-order valence-electron chi connectivity index (χ4n) is 3.20. The van der Waals surface area contributed by atoms with Crippen molar-refractivity contribution in [3.63, 3.8) is 0 Å². The molecule has 29 heavy (non-hydrogen) atoms. The van der Waals surface area contributed by atoms with Gasteiger partial charge < -0.3 is 10.1 Å². The zero-order valence-electron chi connectivity index (χ0n) is 17.8. The fraction of sp³-hybridized carbons (Fsp3) is 0.619. The van der Waals surface area contributed by atoms with Gasteiger partial charge in [0.2, 0.25) is 10.0 Å². The largest absolute Gasteiger partial charge is 0.456 e. The van der Waals surface area contributed by atoms with E-state index in [4.69, 9.17) is 4.74 Å². The van der Waals surface area contributed by atoms with Crippen LogP contribution < -0.4 is 5.32 Å². The Labute approximate surface area is 173 Å². The minimum atomic E-state index is -3.62. The van der Waals surface area contributed by atoms with Gasteiger partial charge in [-0.1, -0.05) is 39.7 Å². The Balaban J connectivity index is 2.06. The molecule has 1 aliphatic heterocycles. The molecule has 0 saturated carbocycles. The van der Waals surface area contributed by atoms with Crippen LogP contribution in [-0.4, -0.2) is 44.3 Å². The second-order valence-corrected chi connectivity index (χ2v) is 10.7. The maximum Gasteiger partial charge on any atom is 0.306 e.